The van der Waals surface area contributed by atoms with Crippen molar-refractivity contribution in [3.05, 3.63) is 35.4 Å². The molecule has 0 spiro atoms. The highest BCUT2D eigenvalue weighted by Crippen LogP contribution is 2.20. The van der Waals surface area contributed by atoms with Crippen molar-refractivity contribution >= 4 is 0 Å². The summed E-state index contributed by atoms with van der Waals surface area (Å²) in [5.74, 6) is 0.641. The third-order valence-corrected chi connectivity index (χ3v) is 3.70. The van der Waals surface area contributed by atoms with Crippen LogP contribution in [0, 0.1) is 5.92 Å². The van der Waals surface area contributed by atoms with Crippen molar-refractivity contribution in [1.29, 1.82) is 0 Å². The Balaban J connectivity index is 1.61. The first-order valence-electron chi connectivity index (χ1n) is 7.63. The molecule has 0 fully saturated rings. The third kappa shape index (κ3) is 4.96. The van der Waals surface area contributed by atoms with E-state index >= 15 is 0 Å². The normalized spacial score (nSPS) is 18.6. The minimum Gasteiger partial charge on any atom is -0.381 e. The summed E-state index contributed by atoms with van der Waals surface area (Å²) < 4.78 is 5.60. The Bertz CT molecular complexity index is 375. The van der Waals surface area contributed by atoms with Crippen LogP contribution in [-0.2, 0) is 17.6 Å². The van der Waals surface area contributed by atoms with Gasteiger partial charge < -0.3 is 10.1 Å². The highest BCUT2D eigenvalue weighted by atomic mass is 16.5. The molecular weight excluding hydrogens is 234 g/mol. The van der Waals surface area contributed by atoms with Gasteiger partial charge in [0.15, 0.2) is 0 Å². The second-order valence-electron chi connectivity index (χ2n) is 5.98. The molecule has 1 aromatic carbocycles. The summed E-state index contributed by atoms with van der Waals surface area (Å²) >= 11 is 0. The average molecular weight is 261 g/mol. The molecular formula is C17H27NO. The molecule has 1 atom stereocenters. The Morgan fingerprint density at radius 3 is 2.84 bits per heavy atom. The van der Waals surface area contributed by atoms with Crippen LogP contribution < -0.4 is 5.32 Å². The zero-order valence-corrected chi connectivity index (χ0v) is 12.3. The van der Waals surface area contributed by atoms with E-state index < -0.39 is 0 Å². The van der Waals surface area contributed by atoms with E-state index in [1.54, 1.807) is 5.56 Å². The van der Waals surface area contributed by atoms with E-state index in [1.807, 2.05) is 0 Å². The average Bonchev–Trinajstić information content (AvgIpc) is 2.42. The molecule has 0 radical (unpaired) electrons. The molecule has 2 heteroatoms. The molecule has 2 rings (SSSR count). The highest BCUT2D eigenvalue weighted by molar-refractivity contribution is 5.30. The zero-order valence-electron chi connectivity index (χ0n) is 12.3. The number of nitrogens with one attached hydrogen (secondary N) is 1. The molecule has 1 unspecified atom stereocenters. The second-order valence-corrected chi connectivity index (χ2v) is 5.98. The quantitative estimate of drug-likeness (QED) is 0.761. The monoisotopic (exact) mass is 261 g/mol. The number of hydrogen-bond donors (Lipinski definition) is 1. The van der Waals surface area contributed by atoms with E-state index in [4.69, 9.17) is 4.74 Å². The number of aryl methyl sites for hydroxylation is 1. The Labute approximate surface area is 117 Å². The van der Waals surface area contributed by atoms with Crippen LogP contribution in [0.25, 0.3) is 0 Å². The van der Waals surface area contributed by atoms with Gasteiger partial charge in [0, 0.05) is 19.3 Å². The smallest absolute Gasteiger partial charge is 0.0489 e. The molecule has 0 saturated carbocycles. The van der Waals surface area contributed by atoms with E-state index in [9.17, 15) is 0 Å². The predicted octanol–water partition coefficient (Wildman–Crippen LogP) is 3.20. The van der Waals surface area contributed by atoms with Crippen molar-refractivity contribution in [2.45, 2.75) is 45.6 Å². The van der Waals surface area contributed by atoms with Gasteiger partial charge in [-0.05, 0) is 49.3 Å². The lowest BCUT2D eigenvalue weighted by Gasteiger charge is -2.25. The van der Waals surface area contributed by atoms with Crippen LogP contribution in [0.2, 0.25) is 0 Å². The fourth-order valence-corrected chi connectivity index (χ4v) is 2.67. The lowest BCUT2D eigenvalue weighted by Crippen LogP contribution is -2.35. The summed E-state index contributed by atoms with van der Waals surface area (Å²) in [6.07, 6.45) is 4.79. The van der Waals surface area contributed by atoms with E-state index in [1.165, 1.54) is 24.8 Å². The SMILES string of the molecule is CC(C)COCCCNC1CCc2ccccc2C1. The van der Waals surface area contributed by atoms with Gasteiger partial charge in [0.1, 0.15) is 0 Å². The van der Waals surface area contributed by atoms with Crippen molar-refractivity contribution < 1.29 is 4.74 Å². The molecule has 1 aliphatic carbocycles. The van der Waals surface area contributed by atoms with Gasteiger partial charge in [-0.1, -0.05) is 38.1 Å². The molecule has 106 valence electrons. The topological polar surface area (TPSA) is 21.3 Å². The molecule has 2 nitrogen and oxygen atoms in total. The molecule has 0 aliphatic heterocycles. The van der Waals surface area contributed by atoms with Crippen LogP contribution in [0.4, 0.5) is 0 Å². The lowest BCUT2D eigenvalue weighted by atomic mass is 9.88. The first-order valence-corrected chi connectivity index (χ1v) is 7.63. The Kier molecular flexibility index (Phi) is 5.87. The fourth-order valence-electron chi connectivity index (χ4n) is 2.67. The molecule has 0 bridgehead atoms. The molecule has 1 aromatic rings. The maximum Gasteiger partial charge on any atom is 0.0489 e. The van der Waals surface area contributed by atoms with Gasteiger partial charge in [-0.15, -0.1) is 0 Å². The predicted molar refractivity (Wildman–Crippen MR) is 80.5 cm³/mol. The lowest BCUT2D eigenvalue weighted by molar-refractivity contribution is 0.107. The van der Waals surface area contributed by atoms with Crippen LogP contribution >= 0.6 is 0 Å². The van der Waals surface area contributed by atoms with Gasteiger partial charge in [0.25, 0.3) is 0 Å². The summed E-state index contributed by atoms with van der Waals surface area (Å²) in [4.78, 5) is 0. The van der Waals surface area contributed by atoms with Crippen LogP contribution in [0.1, 0.15) is 37.8 Å². The van der Waals surface area contributed by atoms with Gasteiger partial charge in [0.05, 0.1) is 0 Å². The van der Waals surface area contributed by atoms with Crippen molar-refractivity contribution in [3.63, 3.8) is 0 Å². The zero-order chi connectivity index (χ0) is 13.5. The van der Waals surface area contributed by atoms with Crippen LogP contribution in [-0.4, -0.2) is 25.8 Å². The molecule has 0 aromatic heterocycles. The van der Waals surface area contributed by atoms with Crippen LogP contribution in [0.15, 0.2) is 24.3 Å². The Hall–Kier alpha value is -0.860. The first kappa shape index (κ1) is 14.5. The largest absolute Gasteiger partial charge is 0.381 e. The van der Waals surface area contributed by atoms with Gasteiger partial charge in [-0.3, -0.25) is 0 Å². The minimum atomic E-state index is 0.641. The van der Waals surface area contributed by atoms with E-state index in [2.05, 4.69) is 43.4 Å². The third-order valence-electron chi connectivity index (χ3n) is 3.70. The summed E-state index contributed by atoms with van der Waals surface area (Å²) in [5, 5.41) is 3.67. The van der Waals surface area contributed by atoms with Gasteiger partial charge in [-0.25, -0.2) is 0 Å². The molecule has 0 heterocycles. The number of rotatable bonds is 7. The Morgan fingerprint density at radius 2 is 2.05 bits per heavy atom. The maximum absolute atomic E-state index is 5.60. The number of hydrogen-bond acceptors (Lipinski definition) is 2. The van der Waals surface area contributed by atoms with Crippen molar-refractivity contribution in [2.24, 2.45) is 5.92 Å². The molecule has 0 saturated heterocycles. The van der Waals surface area contributed by atoms with Crippen molar-refractivity contribution in [3.8, 4) is 0 Å². The van der Waals surface area contributed by atoms with Gasteiger partial charge >= 0.3 is 0 Å². The highest BCUT2D eigenvalue weighted by Gasteiger charge is 2.16. The minimum absolute atomic E-state index is 0.641. The Morgan fingerprint density at radius 1 is 1.26 bits per heavy atom. The van der Waals surface area contributed by atoms with Crippen LogP contribution in [0.5, 0.6) is 0 Å². The number of benzene rings is 1. The molecule has 1 aliphatic rings. The number of ether oxygens (including phenoxy) is 1. The van der Waals surface area contributed by atoms with Crippen LogP contribution in [0.3, 0.4) is 0 Å². The van der Waals surface area contributed by atoms with Gasteiger partial charge in [-0.2, -0.15) is 0 Å². The summed E-state index contributed by atoms with van der Waals surface area (Å²) in [6.45, 7) is 7.23. The standard InChI is InChI=1S/C17H27NO/c1-14(2)13-19-11-5-10-18-17-9-8-15-6-3-4-7-16(15)12-17/h3-4,6-7,14,17-18H,5,8-13H2,1-2H3. The summed E-state index contributed by atoms with van der Waals surface area (Å²) in [7, 11) is 0. The molecule has 19 heavy (non-hydrogen) atoms. The maximum atomic E-state index is 5.60. The van der Waals surface area contributed by atoms with Gasteiger partial charge in [0.2, 0.25) is 0 Å². The van der Waals surface area contributed by atoms with Crippen molar-refractivity contribution in [2.75, 3.05) is 19.8 Å². The summed E-state index contributed by atoms with van der Waals surface area (Å²) in [6, 6.07) is 9.50. The number of fused-ring (bicyclic) bond motifs is 1. The summed E-state index contributed by atoms with van der Waals surface area (Å²) in [5.41, 5.74) is 3.07. The van der Waals surface area contributed by atoms with E-state index in [0.29, 0.717) is 12.0 Å². The second kappa shape index (κ2) is 7.66. The van der Waals surface area contributed by atoms with E-state index in [-0.39, 0.29) is 0 Å². The molecule has 0 amide bonds. The fraction of sp³-hybridized carbons (Fsp3) is 0.647. The van der Waals surface area contributed by atoms with Crippen molar-refractivity contribution in [1.82, 2.24) is 5.32 Å². The molecule has 1 N–H and O–H groups in total. The first-order chi connectivity index (χ1) is 9.25. The van der Waals surface area contributed by atoms with E-state index in [0.717, 1.165) is 26.2 Å².